The predicted octanol–water partition coefficient (Wildman–Crippen LogP) is 3.66. The van der Waals surface area contributed by atoms with Crippen molar-refractivity contribution < 1.29 is 9.29 Å². The maximum atomic E-state index is 12.9. The van der Waals surface area contributed by atoms with E-state index >= 15 is 0 Å². The van der Waals surface area contributed by atoms with Gasteiger partial charge < -0.3 is 9.29 Å². The lowest BCUT2D eigenvalue weighted by atomic mass is 10.2. The third-order valence-electron chi connectivity index (χ3n) is 5.50. The highest BCUT2D eigenvalue weighted by Crippen LogP contribution is 2.27. The van der Waals surface area contributed by atoms with Gasteiger partial charge in [0.2, 0.25) is 0 Å². The summed E-state index contributed by atoms with van der Waals surface area (Å²) in [4.78, 5) is 7.59. The van der Waals surface area contributed by atoms with Crippen LogP contribution in [0.5, 0.6) is 5.75 Å². The van der Waals surface area contributed by atoms with Crippen LogP contribution in [-0.4, -0.2) is 39.7 Å². The van der Waals surface area contributed by atoms with Gasteiger partial charge in [-0.3, -0.25) is 9.88 Å². The van der Waals surface area contributed by atoms with Crippen molar-refractivity contribution in [2.75, 3.05) is 13.1 Å². The van der Waals surface area contributed by atoms with Crippen LogP contribution in [0.25, 0.3) is 10.9 Å². The van der Waals surface area contributed by atoms with Crippen molar-refractivity contribution in [3.8, 4) is 5.75 Å². The van der Waals surface area contributed by atoms with Gasteiger partial charge in [0.25, 0.3) is 0 Å². The summed E-state index contributed by atoms with van der Waals surface area (Å²) in [5, 5.41) is 1.02. The van der Waals surface area contributed by atoms with Crippen molar-refractivity contribution in [2.24, 2.45) is 0 Å². The van der Waals surface area contributed by atoms with Crippen LogP contribution in [0, 0.1) is 0 Å². The maximum absolute atomic E-state index is 12.9. The van der Waals surface area contributed by atoms with Crippen LogP contribution >= 0.6 is 0 Å². The number of para-hydroxylation sites is 1. The molecule has 2 atom stereocenters. The number of pyridine rings is 1. The zero-order valence-electron chi connectivity index (χ0n) is 16.3. The first-order valence-electron chi connectivity index (χ1n) is 10.2. The van der Waals surface area contributed by atoms with Crippen LogP contribution in [0.4, 0.5) is 0 Å². The zero-order valence-corrected chi connectivity index (χ0v) is 17.1. The van der Waals surface area contributed by atoms with Gasteiger partial charge in [0.15, 0.2) is 4.90 Å². The summed E-state index contributed by atoms with van der Waals surface area (Å²) in [5.74, 6) is 0.969. The van der Waals surface area contributed by atoms with E-state index in [9.17, 15) is 4.55 Å². The third-order valence-corrected chi connectivity index (χ3v) is 6.77. The number of nitrogens with one attached hydrogen (secondary N) is 1. The number of hydrogen-bond acceptors (Lipinski definition) is 5. The SMILES string of the molecule is [O-][S+](N[C@@H]1CCN(Cc2ccc(OC3CC3)cc2)C1)c1cccc2cccnc12. The lowest BCUT2D eigenvalue weighted by Gasteiger charge is -2.18. The summed E-state index contributed by atoms with van der Waals surface area (Å²) in [6.07, 6.45) is 5.54. The molecule has 2 aliphatic rings. The zero-order chi connectivity index (χ0) is 19.6. The fourth-order valence-electron chi connectivity index (χ4n) is 3.82. The molecule has 0 spiro atoms. The van der Waals surface area contributed by atoms with E-state index in [0.717, 1.165) is 47.6 Å². The molecule has 0 radical (unpaired) electrons. The molecule has 1 N–H and O–H groups in total. The molecule has 29 heavy (non-hydrogen) atoms. The van der Waals surface area contributed by atoms with Gasteiger partial charge in [-0.05, 0) is 49.1 Å². The van der Waals surface area contributed by atoms with Crippen LogP contribution in [0.1, 0.15) is 24.8 Å². The number of hydrogen-bond donors (Lipinski definition) is 1. The van der Waals surface area contributed by atoms with E-state index < -0.39 is 11.4 Å². The first-order chi connectivity index (χ1) is 14.2. The molecule has 150 valence electrons. The fourth-order valence-corrected chi connectivity index (χ4v) is 4.99. The van der Waals surface area contributed by atoms with E-state index in [-0.39, 0.29) is 6.04 Å². The van der Waals surface area contributed by atoms with E-state index in [2.05, 4.69) is 38.9 Å². The molecular weight excluding hydrogens is 382 g/mol. The maximum Gasteiger partial charge on any atom is 0.200 e. The minimum absolute atomic E-state index is 0.215. The molecule has 5 nitrogen and oxygen atoms in total. The minimum Gasteiger partial charge on any atom is -0.593 e. The molecule has 3 aromatic rings. The van der Waals surface area contributed by atoms with Crippen LogP contribution in [0.2, 0.25) is 0 Å². The highest BCUT2D eigenvalue weighted by molar-refractivity contribution is 7.89. The van der Waals surface area contributed by atoms with E-state index in [0.29, 0.717) is 6.10 Å². The predicted molar refractivity (Wildman–Crippen MR) is 115 cm³/mol. The molecule has 5 rings (SSSR count). The summed E-state index contributed by atoms with van der Waals surface area (Å²) < 4.78 is 22.1. The summed E-state index contributed by atoms with van der Waals surface area (Å²) in [5.41, 5.74) is 2.09. The Labute approximate surface area is 174 Å². The van der Waals surface area contributed by atoms with Gasteiger partial charge in [-0.15, -0.1) is 4.72 Å². The van der Waals surface area contributed by atoms with Crippen molar-refractivity contribution in [3.05, 3.63) is 66.4 Å². The summed E-state index contributed by atoms with van der Waals surface area (Å²) in [6, 6.07) is 18.4. The highest BCUT2D eigenvalue weighted by atomic mass is 32.2. The van der Waals surface area contributed by atoms with Crippen molar-refractivity contribution in [1.29, 1.82) is 0 Å². The van der Waals surface area contributed by atoms with Crippen LogP contribution < -0.4 is 9.46 Å². The standard InChI is InChI=1S/C23H25N3O2S/c27-29(22-5-1-3-18-4-2-13-24-23(18)22)25-19-12-14-26(16-19)15-17-6-8-20(9-7-17)28-21-10-11-21/h1-9,13,19,21,25H,10-12,14-16H2/t19-,29?/m1/s1. The summed E-state index contributed by atoms with van der Waals surface area (Å²) in [6.45, 7) is 2.80. The molecule has 1 unspecified atom stereocenters. The van der Waals surface area contributed by atoms with E-state index in [1.165, 1.54) is 18.4 Å². The number of rotatable bonds is 7. The van der Waals surface area contributed by atoms with Gasteiger partial charge in [-0.25, -0.2) is 0 Å². The summed E-state index contributed by atoms with van der Waals surface area (Å²) >= 11 is -1.27. The van der Waals surface area contributed by atoms with Crippen LogP contribution in [0.15, 0.2) is 65.7 Å². The van der Waals surface area contributed by atoms with Gasteiger partial charge >= 0.3 is 0 Å². The Morgan fingerprint density at radius 3 is 2.72 bits per heavy atom. The Bertz CT molecular complexity index is 972. The Morgan fingerprint density at radius 2 is 1.90 bits per heavy atom. The summed E-state index contributed by atoms with van der Waals surface area (Å²) in [7, 11) is 0. The topological polar surface area (TPSA) is 60.5 Å². The van der Waals surface area contributed by atoms with Crippen LogP contribution in [0.3, 0.4) is 0 Å². The van der Waals surface area contributed by atoms with Crippen LogP contribution in [-0.2, 0) is 17.9 Å². The number of fused-ring (bicyclic) bond motifs is 1. The van der Waals surface area contributed by atoms with Gasteiger partial charge in [0.05, 0.1) is 23.5 Å². The Balaban J connectivity index is 1.17. The number of nitrogens with zero attached hydrogens (tertiary/aromatic N) is 2. The molecule has 2 fully saturated rings. The van der Waals surface area contributed by atoms with Crippen molar-refractivity contribution in [3.63, 3.8) is 0 Å². The quantitative estimate of drug-likeness (QED) is 0.606. The minimum atomic E-state index is -1.27. The lowest BCUT2D eigenvalue weighted by molar-refractivity contribution is 0.302. The lowest BCUT2D eigenvalue weighted by Crippen LogP contribution is -2.37. The Kier molecular flexibility index (Phi) is 5.42. The van der Waals surface area contributed by atoms with Crippen molar-refractivity contribution in [1.82, 2.24) is 14.6 Å². The molecule has 1 aliphatic carbocycles. The first kappa shape index (κ1) is 18.9. The molecular formula is C23H25N3O2S. The van der Waals surface area contributed by atoms with E-state index in [1.54, 1.807) is 6.20 Å². The van der Waals surface area contributed by atoms with Crippen molar-refractivity contribution in [2.45, 2.75) is 42.8 Å². The number of likely N-dealkylation sites (tertiary alicyclic amines) is 1. The molecule has 0 bridgehead atoms. The average molecular weight is 408 g/mol. The van der Waals surface area contributed by atoms with Gasteiger partial charge in [-0.2, -0.15) is 0 Å². The second-order valence-corrected chi connectivity index (χ2v) is 9.11. The second kappa shape index (κ2) is 8.32. The molecule has 1 aromatic heterocycles. The molecule has 1 saturated carbocycles. The number of ether oxygens (including phenoxy) is 1. The average Bonchev–Trinajstić information content (AvgIpc) is 3.46. The Hall–Kier alpha value is -2.12. The van der Waals surface area contributed by atoms with E-state index in [4.69, 9.17) is 4.74 Å². The number of benzene rings is 2. The Morgan fingerprint density at radius 1 is 1.07 bits per heavy atom. The molecule has 0 amide bonds. The number of aromatic nitrogens is 1. The third kappa shape index (κ3) is 4.56. The van der Waals surface area contributed by atoms with Gasteiger partial charge in [0, 0.05) is 31.2 Å². The first-order valence-corrected chi connectivity index (χ1v) is 11.4. The molecule has 1 aliphatic heterocycles. The monoisotopic (exact) mass is 407 g/mol. The molecule has 2 aromatic carbocycles. The van der Waals surface area contributed by atoms with E-state index in [1.807, 2.05) is 30.3 Å². The fraction of sp³-hybridized carbons (Fsp3) is 0.348. The smallest absolute Gasteiger partial charge is 0.200 e. The molecule has 1 saturated heterocycles. The van der Waals surface area contributed by atoms with Gasteiger partial charge in [0.1, 0.15) is 11.3 Å². The van der Waals surface area contributed by atoms with Gasteiger partial charge in [-0.1, -0.05) is 30.3 Å². The second-order valence-electron chi connectivity index (χ2n) is 7.90. The molecule has 2 heterocycles. The largest absolute Gasteiger partial charge is 0.593 e. The van der Waals surface area contributed by atoms with Crippen molar-refractivity contribution >= 4 is 22.3 Å². The highest BCUT2D eigenvalue weighted by Gasteiger charge is 2.28. The molecule has 6 heteroatoms. The normalized spacial score (nSPS) is 20.8.